The van der Waals surface area contributed by atoms with Crippen LogP contribution in [0.1, 0.15) is 6.42 Å². The fraction of sp³-hybridized carbons (Fsp3) is 0.538. The van der Waals surface area contributed by atoms with Gasteiger partial charge in [-0.1, -0.05) is 12.1 Å². The first-order valence-corrected chi connectivity index (χ1v) is 6.09. The fourth-order valence-electron chi connectivity index (χ4n) is 2.57. The molecule has 0 aliphatic carbocycles. The molecule has 1 aromatic rings. The summed E-state index contributed by atoms with van der Waals surface area (Å²) in [5.41, 5.74) is 2.62. The summed E-state index contributed by atoms with van der Waals surface area (Å²) in [5.74, 6) is 0.714. The smallest absolute Gasteiger partial charge is 0.0602 e. The van der Waals surface area contributed by atoms with Crippen LogP contribution in [0.2, 0.25) is 0 Å². The van der Waals surface area contributed by atoms with E-state index in [1.165, 1.54) is 17.8 Å². The van der Waals surface area contributed by atoms with Gasteiger partial charge < -0.3 is 15.0 Å². The molecule has 1 aromatic carbocycles. The quantitative estimate of drug-likeness (QED) is 0.821. The van der Waals surface area contributed by atoms with Crippen molar-refractivity contribution in [2.75, 3.05) is 43.1 Å². The summed E-state index contributed by atoms with van der Waals surface area (Å²) in [6.07, 6.45) is 1.21. The molecule has 0 spiro atoms. The van der Waals surface area contributed by atoms with Gasteiger partial charge in [0, 0.05) is 32.2 Å². The fourth-order valence-corrected chi connectivity index (χ4v) is 2.57. The van der Waals surface area contributed by atoms with E-state index in [1.54, 1.807) is 0 Å². The third kappa shape index (κ3) is 1.87. The summed E-state index contributed by atoms with van der Waals surface area (Å²) in [4.78, 5) is 2.49. The molecule has 1 unspecified atom stereocenters. The number of nitrogens with zero attached hydrogens (tertiary/aromatic N) is 1. The molecule has 1 N–H and O–H groups in total. The summed E-state index contributed by atoms with van der Waals surface area (Å²) in [6, 6.07) is 8.57. The number of rotatable bonds is 2. The Morgan fingerprint density at radius 3 is 3.19 bits per heavy atom. The van der Waals surface area contributed by atoms with Crippen LogP contribution in [0, 0.1) is 5.92 Å². The van der Waals surface area contributed by atoms with Crippen LogP contribution in [0.5, 0.6) is 0 Å². The van der Waals surface area contributed by atoms with Crippen molar-refractivity contribution in [2.24, 2.45) is 5.92 Å². The summed E-state index contributed by atoms with van der Waals surface area (Å²) in [5, 5.41) is 3.44. The molecule has 0 radical (unpaired) electrons. The van der Waals surface area contributed by atoms with Crippen LogP contribution < -0.4 is 10.2 Å². The van der Waals surface area contributed by atoms with Crippen molar-refractivity contribution in [1.82, 2.24) is 0 Å². The number of hydrogen-bond acceptors (Lipinski definition) is 3. The highest BCUT2D eigenvalue weighted by molar-refractivity contribution is 5.71. The van der Waals surface area contributed by atoms with Crippen molar-refractivity contribution >= 4 is 11.4 Å². The second kappa shape index (κ2) is 4.34. The molecule has 16 heavy (non-hydrogen) atoms. The van der Waals surface area contributed by atoms with Gasteiger partial charge in [0.1, 0.15) is 0 Å². The number of fused-ring (bicyclic) bond motifs is 1. The Hall–Kier alpha value is -1.22. The Morgan fingerprint density at radius 1 is 1.38 bits per heavy atom. The Bertz CT molecular complexity index is 361. The van der Waals surface area contributed by atoms with Gasteiger partial charge in [-0.15, -0.1) is 0 Å². The Labute approximate surface area is 96.4 Å². The van der Waals surface area contributed by atoms with E-state index in [0.29, 0.717) is 5.92 Å². The third-order valence-electron chi connectivity index (χ3n) is 3.44. The maximum Gasteiger partial charge on any atom is 0.0602 e. The second-order valence-corrected chi connectivity index (χ2v) is 4.62. The molecule has 1 atom stereocenters. The lowest BCUT2D eigenvalue weighted by molar-refractivity contribution is 0.186. The summed E-state index contributed by atoms with van der Waals surface area (Å²) < 4.78 is 5.44. The lowest BCUT2D eigenvalue weighted by atomic mass is 10.1. The van der Waals surface area contributed by atoms with Gasteiger partial charge in [0.15, 0.2) is 0 Å². The number of benzene rings is 1. The monoisotopic (exact) mass is 218 g/mol. The number of hydrogen-bond donors (Lipinski definition) is 1. The number of ether oxygens (including phenoxy) is 1. The zero-order valence-corrected chi connectivity index (χ0v) is 9.48. The van der Waals surface area contributed by atoms with Crippen molar-refractivity contribution in [1.29, 1.82) is 0 Å². The Morgan fingerprint density at radius 2 is 2.31 bits per heavy atom. The summed E-state index contributed by atoms with van der Waals surface area (Å²) in [7, 11) is 0. The molecular formula is C13H18N2O. The van der Waals surface area contributed by atoms with E-state index in [2.05, 4.69) is 34.5 Å². The first-order valence-electron chi connectivity index (χ1n) is 6.09. The van der Waals surface area contributed by atoms with E-state index < -0.39 is 0 Å². The zero-order chi connectivity index (χ0) is 10.8. The van der Waals surface area contributed by atoms with Crippen LogP contribution in [-0.2, 0) is 4.74 Å². The zero-order valence-electron chi connectivity index (χ0n) is 9.48. The highest BCUT2D eigenvalue weighted by Gasteiger charge is 2.22. The van der Waals surface area contributed by atoms with E-state index in [0.717, 1.165) is 32.8 Å². The van der Waals surface area contributed by atoms with Gasteiger partial charge in [0.2, 0.25) is 0 Å². The van der Waals surface area contributed by atoms with Crippen LogP contribution in [0.4, 0.5) is 11.4 Å². The minimum atomic E-state index is 0.714. The van der Waals surface area contributed by atoms with E-state index >= 15 is 0 Å². The van der Waals surface area contributed by atoms with E-state index in [9.17, 15) is 0 Å². The molecule has 2 aliphatic rings. The maximum atomic E-state index is 5.44. The predicted molar refractivity (Wildman–Crippen MR) is 66.1 cm³/mol. The Balaban J connectivity index is 1.76. The molecule has 3 nitrogen and oxygen atoms in total. The molecular weight excluding hydrogens is 200 g/mol. The molecule has 0 bridgehead atoms. The van der Waals surface area contributed by atoms with Crippen LogP contribution >= 0.6 is 0 Å². The van der Waals surface area contributed by atoms with E-state index in [4.69, 9.17) is 4.74 Å². The molecule has 1 saturated heterocycles. The molecule has 1 fully saturated rings. The standard InChI is InChI=1S/C13H18N2O/c1-2-4-13-12(3-1)14-6-7-15(13)9-11-5-8-16-10-11/h1-4,11,14H,5-10H2. The minimum Gasteiger partial charge on any atom is -0.382 e. The van der Waals surface area contributed by atoms with Gasteiger partial charge in [-0.25, -0.2) is 0 Å². The van der Waals surface area contributed by atoms with Gasteiger partial charge in [0.25, 0.3) is 0 Å². The molecule has 0 saturated carbocycles. The average Bonchev–Trinajstić information content (AvgIpc) is 2.82. The van der Waals surface area contributed by atoms with Crippen molar-refractivity contribution in [3.05, 3.63) is 24.3 Å². The van der Waals surface area contributed by atoms with Gasteiger partial charge in [-0.2, -0.15) is 0 Å². The lowest BCUT2D eigenvalue weighted by Crippen LogP contribution is -2.37. The van der Waals surface area contributed by atoms with Gasteiger partial charge in [-0.05, 0) is 18.6 Å². The van der Waals surface area contributed by atoms with Gasteiger partial charge in [-0.3, -0.25) is 0 Å². The first kappa shape index (κ1) is 9.97. The van der Waals surface area contributed by atoms with Crippen LogP contribution in [0.15, 0.2) is 24.3 Å². The highest BCUT2D eigenvalue weighted by atomic mass is 16.5. The number of nitrogens with one attached hydrogen (secondary N) is 1. The average molecular weight is 218 g/mol. The molecule has 3 heteroatoms. The molecule has 2 aliphatic heterocycles. The largest absolute Gasteiger partial charge is 0.382 e. The topological polar surface area (TPSA) is 24.5 Å². The van der Waals surface area contributed by atoms with E-state index in [-0.39, 0.29) is 0 Å². The van der Waals surface area contributed by atoms with E-state index in [1.807, 2.05) is 0 Å². The number of anilines is 2. The van der Waals surface area contributed by atoms with Crippen LogP contribution in [0.25, 0.3) is 0 Å². The minimum absolute atomic E-state index is 0.714. The summed E-state index contributed by atoms with van der Waals surface area (Å²) in [6.45, 7) is 5.17. The molecule has 0 aromatic heterocycles. The number of para-hydroxylation sites is 2. The maximum absolute atomic E-state index is 5.44. The SMILES string of the molecule is c1ccc2c(c1)NCCN2CC1CCOC1. The third-order valence-corrected chi connectivity index (χ3v) is 3.44. The van der Waals surface area contributed by atoms with Crippen molar-refractivity contribution in [2.45, 2.75) is 6.42 Å². The lowest BCUT2D eigenvalue weighted by Gasteiger charge is -2.33. The highest BCUT2D eigenvalue weighted by Crippen LogP contribution is 2.29. The van der Waals surface area contributed by atoms with Crippen molar-refractivity contribution < 1.29 is 4.74 Å². The molecule has 2 heterocycles. The van der Waals surface area contributed by atoms with Gasteiger partial charge in [0.05, 0.1) is 18.0 Å². The van der Waals surface area contributed by atoms with Crippen molar-refractivity contribution in [3.8, 4) is 0 Å². The van der Waals surface area contributed by atoms with Crippen molar-refractivity contribution in [3.63, 3.8) is 0 Å². The first-order chi connectivity index (χ1) is 7.93. The summed E-state index contributed by atoms with van der Waals surface area (Å²) >= 11 is 0. The second-order valence-electron chi connectivity index (χ2n) is 4.62. The molecule has 3 rings (SSSR count). The van der Waals surface area contributed by atoms with Crippen LogP contribution in [-0.4, -0.2) is 32.8 Å². The Kier molecular flexibility index (Phi) is 2.70. The predicted octanol–water partition coefficient (Wildman–Crippen LogP) is 1.95. The normalized spacial score (nSPS) is 24.0. The molecule has 86 valence electrons. The van der Waals surface area contributed by atoms with Crippen LogP contribution in [0.3, 0.4) is 0 Å². The molecule has 0 amide bonds. The van der Waals surface area contributed by atoms with Gasteiger partial charge >= 0.3 is 0 Å².